The molecule has 0 aliphatic heterocycles. The fourth-order valence-electron chi connectivity index (χ4n) is 2.71. The Kier molecular flexibility index (Phi) is 11.7. The van der Waals surface area contributed by atoms with Gasteiger partial charge in [-0.15, -0.1) is 0 Å². The first-order valence-electron chi connectivity index (χ1n) is 9.28. The van der Waals surface area contributed by atoms with Crippen molar-refractivity contribution < 1.29 is 4.79 Å². The minimum absolute atomic E-state index is 0.100. The van der Waals surface area contributed by atoms with Crippen molar-refractivity contribution in [2.45, 2.75) is 84.0 Å². The van der Waals surface area contributed by atoms with Crippen LogP contribution in [0.3, 0.4) is 0 Å². The second-order valence-electron chi connectivity index (χ2n) is 6.34. The predicted molar refractivity (Wildman–Crippen MR) is 101 cm³/mol. The van der Waals surface area contributed by atoms with Gasteiger partial charge in [-0.2, -0.15) is 0 Å². The summed E-state index contributed by atoms with van der Waals surface area (Å²) in [6, 6.07) is 7.25. The number of hydrogen-bond acceptors (Lipinski definition) is 1. The molecule has 0 aliphatic rings. The summed E-state index contributed by atoms with van der Waals surface area (Å²) < 4.78 is 0. The Bertz CT molecular complexity index is 416. The minimum atomic E-state index is 0.100. The maximum atomic E-state index is 11.8. The van der Waals surface area contributed by atoms with Gasteiger partial charge in [-0.05, 0) is 30.7 Å². The number of halogens is 1. The SMILES string of the molecule is CCCCCCCCCCCCCC(=O)Nc1ccc(Cl)cc1. The van der Waals surface area contributed by atoms with Gasteiger partial charge in [0.05, 0.1) is 0 Å². The Morgan fingerprint density at radius 2 is 1.30 bits per heavy atom. The third-order valence-electron chi connectivity index (χ3n) is 4.14. The maximum absolute atomic E-state index is 11.8. The van der Waals surface area contributed by atoms with Crippen LogP contribution in [0.15, 0.2) is 24.3 Å². The summed E-state index contributed by atoms with van der Waals surface area (Å²) in [6.45, 7) is 2.26. The lowest BCUT2D eigenvalue weighted by Gasteiger charge is -2.05. The van der Waals surface area contributed by atoms with Crippen molar-refractivity contribution in [3.8, 4) is 0 Å². The van der Waals surface area contributed by atoms with Crippen LogP contribution < -0.4 is 5.32 Å². The lowest BCUT2D eigenvalue weighted by molar-refractivity contribution is -0.116. The topological polar surface area (TPSA) is 29.1 Å². The molecule has 0 aromatic heterocycles. The van der Waals surface area contributed by atoms with E-state index in [1.54, 1.807) is 12.1 Å². The van der Waals surface area contributed by atoms with Crippen LogP contribution in [0.25, 0.3) is 0 Å². The predicted octanol–water partition coefficient (Wildman–Crippen LogP) is 6.98. The molecule has 0 radical (unpaired) electrons. The van der Waals surface area contributed by atoms with Gasteiger partial charge in [-0.25, -0.2) is 0 Å². The van der Waals surface area contributed by atoms with Gasteiger partial charge in [0, 0.05) is 17.1 Å². The smallest absolute Gasteiger partial charge is 0.224 e. The van der Waals surface area contributed by atoms with E-state index in [1.165, 1.54) is 57.8 Å². The fourth-order valence-corrected chi connectivity index (χ4v) is 2.83. The van der Waals surface area contributed by atoms with Gasteiger partial charge in [0.15, 0.2) is 0 Å². The second kappa shape index (κ2) is 13.4. The summed E-state index contributed by atoms with van der Waals surface area (Å²) in [4.78, 5) is 11.8. The zero-order chi connectivity index (χ0) is 16.8. The quantitative estimate of drug-likeness (QED) is 0.386. The van der Waals surface area contributed by atoms with Crippen LogP contribution >= 0.6 is 11.6 Å². The molecule has 1 rings (SSSR count). The van der Waals surface area contributed by atoms with Crippen LogP contribution in [0, 0.1) is 0 Å². The standard InChI is InChI=1S/C20H32ClNO/c1-2-3-4-5-6-7-8-9-10-11-12-13-20(23)22-19-16-14-18(21)15-17-19/h14-17H,2-13H2,1H3,(H,22,23). The number of anilines is 1. The summed E-state index contributed by atoms with van der Waals surface area (Å²) >= 11 is 5.82. The van der Waals surface area contributed by atoms with E-state index < -0.39 is 0 Å². The van der Waals surface area contributed by atoms with Crippen LogP contribution in [0.1, 0.15) is 84.0 Å². The van der Waals surface area contributed by atoms with E-state index in [-0.39, 0.29) is 5.91 Å². The van der Waals surface area contributed by atoms with Crippen molar-refractivity contribution in [2.75, 3.05) is 5.32 Å². The van der Waals surface area contributed by atoms with E-state index >= 15 is 0 Å². The van der Waals surface area contributed by atoms with Gasteiger partial charge in [0.25, 0.3) is 0 Å². The molecule has 0 saturated carbocycles. The highest BCUT2D eigenvalue weighted by Gasteiger charge is 2.02. The zero-order valence-electron chi connectivity index (χ0n) is 14.6. The van der Waals surface area contributed by atoms with E-state index in [2.05, 4.69) is 12.2 Å². The molecule has 0 heterocycles. The van der Waals surface area contributed by atoms with Gasteiger partial charge in [-0.1, -0.05) is 82.7 Å². The average Bonchev–Trinajstić information content (AvgIpc) is 2.55. The van der Waals surface area contributed by atoms with Crippen molar-refractivity contribution in [1.82, 2.24) is 0 Å². The highest BCUT2D eigenvalue weighted by molar-refractivity contribution is 6.30. The van der Waals surface area contributed by atoms with E-state index in [4.69, 9.17) is 11.6 Å². The summed E-state index contributed by atoms with van der Waals surface area (Å²) in [5.41, 5.74) is 0.822. The zero-order valence-corrected chi connectivity index (χ0v) is 15.3. The molecule has 0 bridgehead atoms. The minimum Gasteiger partial charge on any atom is -0.326 e. The molecule has 2 nitrogen and oxygen atoms in total. The highest BCUT2D eigenvalue weighted by Crippen LogP contribution is 2.15. The Morgan fingerprint density at radius 1 is 0.826 bits per heavy atom. The summed E-state index contributed by atoms with van der Waals surface area (Å²) in [6.07, 6.45) is 14.9. The van der Waals surface area contributed by atoms with Crippen LogP contribution in [0.4, 0.5) is 5.69 Å². The molecule has 0 aliphatic carbocycles. The number of carbonyl (C=O) groups excluding carboxylic acids is 1. The van der Waals surface area contributed by atoms with Crippen molar-refractivity contribution >= 4 is 23.2 Å². The largest absolute Gasteiger partial charge is 0.326 e. The van der Waals surface area contributed by atoms with Crippen LogP contribution in [-0.2, 0) is 4.79 Å². The van der Waals surface area contributed by atoms with Gasteiger partial charge in [-0.3, -0.25) is 4.79 Å². The first-order valence-corrected chi connectivity index (χ1v) is 9.65. The number of hydrogen-bond donors (Lipinski definition) is 1. The molecule has 0 atom stereocenters. The molecule has 23 heavy (non-hydrogen) atoms. The third kappa shape index (κ3) is 11.2. The molecule has 130 valence electrons. The summed E-state index contributed by atoms with van der Waals surface area (Å²) in [5, 5.41) is 3.60. The van der Waals surface area contributed by atoms with Crippen LogP contribution in [0.5, 0.6) is 0 Å². The molecule has 0 spiro atoms. The van der Waals surface area contributed by atoms with E-state index in [0.717, 1.165) is 18.5 Å². The van der Waals surface area contributed by atoms with Gasteiger partial charge in [0.1, 0.15) is 0 Å². The molecular weight excluding hydrogens is 306 g/mol. The molecule has 1 amide bonds. The number of amides is 1. The molecule has 1 N–H and O–H groups in total. The van der Waals surface area contributed by atoms with Gasteiger partial charge < -0.3 is 5.32 Å². The normalized spacial score (nSPS) is 10.7. The summed E-state index contributed by atoms with van der Waals surface area (Å²) in [7, 11) is 0. The number of nitrogens with one attached hydrogen (secondary N) is 1. The van der Waals surface area contributed by atoms with Crippen molar-refractivity contribution in [3.63, 3.8) is 0 Å². The first-order chi connectivity index (χ1) is 11.2. The van der Waals surface area contributed by atoms with Gasteiger partial charge >= 0.3 is 0 Å². The summed E-state index contributed by atoms with van der Waals surface area (Å²) in [5.74, 6) is 0.100. The molecule has 1 aromatic carbocycles. The van der Waals surface area contributed by atoms with Crippen molar-refractivity contribution in [3.05, 3.63) is 29.3 Å². The van der Waals surface area contributed by atoms with Crippen LogP contribution in [-0.4, -0.2) is 5.91 Å². The molecule has 0 unspecified atom stereocenters. The monoisotopic (exact) mass is 337 g/mol. The Hall–Kier alpha value is -1.02. The van der Waals surface area contributed by atoms with E-state index in [1.807, 2.05) is 12.1 Å². The molecule has 0 saturated heterocycles. The second-order valence-corrected chi connectivity index (χ2v) is 6.78. The molecule has 0 fully saturated rings. The fraction of sp³-hybridized carbons (Fsp3) is 0.650. The van der Waals surface area contributed by atoms with Crippen molar-refractivity contribution in [1.29, 1.82) is 0 Å². The van der Waals surface area contributed by atoms with Gasteiger partial charge in [0.2, 0.25) is 5.91 Å². The number of unbranched alkanes of at least 4 members (excludes halogenated alkanes) is 10. The lowest BCUT2D eigenvalue weighted by atomic mass is 10.1. The van der Waals surface area contributed by atoms with Crippen LogP contribution in [0.2, 0.25) is 5.02 Å². The average molecular weight is 338 g/mol. The molecular formula is C20H32ClNO. The Morgan fingerprint density at radius 3 is 1.83 bits per heavy atom. The van der Waals surface area contributed by atoms with E-state index in [9.17, 15) is 4.79 Å². The van der Waals surface area contributed by atoms with Crippen molar-refractivity contribution in [2.24, 2.45) is 0 Å². The molecule has 1 aromatic rings. The van der Waals surface area contributed by atoms with E-state index in [0.29, 0.717) is 11.4 Å². The number of carbonyl (C=O) groups is 1. The Labute approximate surface area is 147 Å². The Balaban J connectivity index is 1.90. The first kappa shape index (κ1) is 20.0. The highest BCUT2D eigenvalue weighted by atomic mass is 35.5. The lowest BCUT2D eigenvalue weighted by Crippen LogP contribution is -2.10. The third-order valence-corrected chi connectivity index (χ3v) is 4.39. The number of rotatable bonds is 13. The maximum Gasteiger partial charge on any atom is 0.224 e. The molecule has 3 heteroatoms. The number of benzene rings is 1.